The van der Waals surface area contributed by atoms with Crippen LogP contribution in [0.3, 0.4) is 0 Å². The summed E-state index contributed by atoms with van der Waals surface area (Å²) in [6, 6.07) is 0. The van der Waals surface area contributed by atoms with Gasteiger partial charge in [-0.25, -0.2) is 0 Å². The Hall–Kier alpha value is -0.370. The monoisotopic (exact) mass is 72.0 g/mol. The van der Waals surface area contributed by atoms with Gasteiger partial charge in [0.05, 0.1) is 7.98 Å². The fraction of sp³-hybridized carbons (Fsp3) is 0.667. The van der Waals surface area contributed by atoms with Crippen LogP contribution in [0, 0.1) is 0 Å². The zero-order valence-corrected chi connectivity index (χ0v) is 2.72. The first-order valence-corrected chi connectivity index (χ1v) is 1.45. The maximum atomic E-state index is 6.71. The minimum absolute atomic E-state index is 0.508. The third kappa shape index (κ3) is 0.450. The molecule has 2 heteroatoms. The summed E-state index contributed by atoms with van der Waals surface area (Å²) in [5.74, 6) is 0. The predicted molar refractivity (Wildman–Crippen MR) is 19.3 cm³/mol. The van der Waals surface area contributed by atoms with Crippen LogP contribution in [0.25, 0.3) is 0 Å². The van der Waals surface area contributed by atoms with Gasteiger partial charge in [0, 0.05) is 6.21 Å². The zero-order valence-electron chi connectivity index (χ0n) is 3.72. The first-order valence-electron chi connectivity index (χ1n) is 2.03. The molecule has 1 heterocycles. The highest BCUT2D eigenvalue weighted by Gasteiger charge is 1.84. The minimum Gasteiger partial charge on any atom is -0.354 e. The Morgan fingerprint density at radius 3 is 3.40 bits per heavy atom. The highest BCUT2D eigenvalue weighted by atomic mass is 16.5. The van der Waals surface area contributed by atoms with Crippen LogP contribution in [0.1, 0.15) is 1.37 Å². The predicted octanol–water partition coefficient (Wildman–Crippen LogP) is 0.0449. The maximum absolute atomic E-state index is 6.71. The zero-order chi connectivity index (χ0) is 4.41. The number of aliphatic imine (C=N–C) groups is 1. The van der Waals surface area contributed by atoms with Crippen molar-refractivity contribution in [3.05, 3.63) is 0 Å². The van der Waals surface area contributed by atoms with Gasteiger partial charge in [0.2, 0.25) is 0 Å². The van der Waals surface area contributed by atoms with Gasteiger partial charge in [0.25, 0.3) is 0 Å². The summed E-state index contributed by atoms with van der Waals surface area (Å²) in [5.41, 5.74) is 0. The summed E-state index contributed by atoms with van der Waals surface area (Å²) >= 11 is 0. The van der Waals surface area contributed by atoms with Crippen molar-refractivity contribution in [1.29, 1.82) is 0 Å². The molecule has 0 radical (unpaired) electrons. The average molecular weight is 72.1 g/mol. The van der Waals surface area contributed by atoms with Gasteiger partial charge < -0.3 is 4.74 Å². The molecule has 0 saturated heterocycles. The van der Waals surface area contributed by atoms with Crippen LogP contribution in [0.2, 0.25) is 0 Å². The number of hydrogen-bond acceptors (Lipinski definition) is 2. The van der Waals surface area contributed by atoms with Gasteiger partial charge in [0.15, 0.2) is 0 Å². The lowest BCUT2D eigenvalue weighted by atomic mass is 10.8. The van der Waals surface area contributed by atoms with Crippen molar-refractivity contribution in [1.82, 2.24) is 0 Å². The van der Waals surface area contributed by atoms with Gasteiger partial charge in [-0.2, -0.15) is 0 Å². The first kappa shape index (κ1) is 1.92. The van der Waals surface area contributed by atoms with Crippen LogP contribution in [-0.4, -0.2) is 19.5 Å². The minimum atomic E-state index is -0.634. The van der Waals surface area contributed by atoms with E-state index < -0.39 is 6.71 Å². The summed E-state index contributed by atoms with van der Waals surface area (Å²) in [5, 5.41) is 0. The van der Waals surface area contributed by atoms with E-state index in [0.29, 0.717) is 6.61 Å². The van der Waals surface area contributed by atoms with Crippen LogP contribution < -0.4 is 0 Å². The number of nitrogens with zero attached hydrogens (tertiary/aromatic N) is 1. The molecule has 0 aromatic rings. The van der Waals surface area contributed by atoms with Crippen molar-refractivity contribution in [2.24, 2.45) is 4.99 Å². The average Bonchev–Trinajstić information content (AvgIpc) is 1.86. The third-order valence-electron chi connectivity index (χ3n) is 0.412. The molecule has 0 aliphatic carbocycles. The molecular formula is C3H5NO. The van der Waals surface area contributed by atoms with Crippen LogP contribution >= 0.6 is 0 Å². The lowest BCUT2D eigenvalue weighted by molar-refractivity contribution is 0.203. The second kappa shape index (κ2) is 1.17. The van der Waals surface area contributed by atoms with Gasteiger partial charge in [0.1, 0.15) is 6.71 Å². The molecule has 0 aromatic carbocycles. The van der Waals surface area contributed by atoms with Crippen molar-refractivity contribution in [2.45, 2.75) is 0 Å². The van der Waals surface area contributed by atoms with Crippen molar-refractivity contribution in [2.75, 3.05) is 13.3 Å². The van der Waals surface area contributed by atoms with Crippen LogP contribution in [0.4, 0.5) is 0 Å². The Balaban J connectivity index is 2.38. The van der Waals surface area contributed by atoms with Crippen molar-refractivity contribution < 1.29 is 6.11 Å². The van der Waals surface area contributed by atoms with Crippen LogP contribution in [0.15, 0.2) is 4.99 Å². The summed E-state index contributed by atoms with van der Waals surface area (Å²) in [4.78, 5) is 3.56. The van der Waals surface area contributed by atoms with E-state index in [1.807, 2.05) is 0 Å². The van der Waals surface area contributed by atoms with Gasteiger partial charge >= 0.3 is 0 Å². The summed E-state index contributed by atoms with van der Waals surface area (Å²) in [6.45, 7) is -0.126. The highest BCUT2D eigenvalue weighted by molar-refractivity contribution is 5.59. The maximum Gasteiger partial charge on any atom is 0.137 e. The molecule has 0 N–H and O–H groups in total. The van der Waals surface area contributed by atoms with Gasteiger partial charge in [-0.3, -0.25) is 4.99 Å². The van der Waals surface area contributed by atoms with Gasteiger partial charge in [-0.05, 0) is 0 Å². The Morgan fingerprint density at radius 2 is 3.20 bits per heavy atom. The van der Waals surface area contributed by atoms with Crippen molar-refractivity contribution >= 4 is 6.21 Å². The molecule has 1 rings (SSSR count). The lowest BCUT2D eigenvalue weighted by Crippen LogP contribution is -1.79. The fourth-order valence-electron chi connectivity index (χ4n) is 0.215. The summed E-state index contributed by atoms with van der Waals surface area (Å²) in [7, 11) is 0. The number of hydrogen-bond donors (Lipinski definition) is 0. The van der Waals surface area contributed by atoms with Gasteiger partial charge in [-0.15, -0.1) is 0 Å². The van der Waals surface area contributed by atoms with E-state index in [2.05, 4.69) is 9.73 Å². The molecule has 0 bridgehead atoms. The fourth-order valence-corrected chi connectivity index (χ4v) is 0.215. The van der Waals surface area contributed by atoms with Crippen molar-refractivity contribution in [3.8, 4) is 0 Å². The first-order chi connectivity index (χ1) is 2.89. The third-order valence-corrected chi connectivity index (χ3v) is 0.412. The SMILES string of the molecule is [2H]C1N=CCO1. The Labute approximate surface area is 31.9 Å². The van der Waals surface area contributed by atoms with E-state index in [1.54, 1.807) is 6.21 Å². The normalized spacial score (nSPS) is 38.4. The van der Waals surface area contributed by atoms with Crippen LogP contribution in [0.5, 0.6) is 0 Å². The number of ether oxygens (including phenoxy) is 1. The van der Waals surface area contributed by atoms with Crippen LogP contribution in [-0.2, 0) is 4.74 Å². The van der Waals surface area contributed by atoms with E-state index in [9.17, 15) is 0 Å². The highest BCUT2D eigenvalue weighted by Crippen LogP contribution is 1.79. The Bertz CT molecular complexity index is 73.2. The molecule has 0 amide bonds. The second-order valence-electron chi connectivity index (χ2n) is 0.770. The second-order valence-corrected chi connectivity index (χ2v) is 0.770. The van der Waals surface area contributed by atoms with E-state index in [4.69, 9.17) is 1.37 Å². The largest absolute Gasteiger partial charge is 0.354 e. The van der Waals surface area contributed by atoms with E-state index in [-0.39, 0.29) is 0 Å². The topological polar surface area (TPSA) is 21.6 Å². The molecule has 0 spiro atoms. The Morgan fingerprint density at radius 1 is 2.20 bits per heavy atom. The summed E-state index contributed by atoms with van der Waals surface area (Å²) < 4.78 is 11.3. The molecule has 0 saturated carbocycles. The molecule has 1 unspecified atom stereocenters. The number of rotatable bonds is 0. The van der Waals surface area contributed by atoms with E-state index in [1.165, 1.54) is 0 Å². The Kier molecular flexibility index (Phi) is 0.451. The standard InChI is InChI=1S/C3H5NO/c1-2-5-3-4-1/h1H,2-3H2/i3D. The molecule has 1 aliphatic rings. The molecule has 5 heavy (non-hydrogen) atoms. The molecule has 1 atom stereocenters. The smallest absolute Gasteiger partial charge is 0.137 e. The molecule has 28 valence electrons. The molecular weight excluding hydrogens is 66.0 g/mol. The van der Waals surface area contributed by atoms with Crippen molar-refractivity contribution in [3.63, 3.8) is 0 Å². The molecule has 0 aromatic heterocycles. The lowest BCUT2D eigenvalue weighted by Gasteiger charge is -1.75. The van der Waals surface area contributed by atoms with E-state index in [0.717, 1.165) is 0 Å². The van der Waals surface area contributed by atoms with Gasteiger partial charge in [-0.1, -0.05) is 0 Å². The molecule has 1 aliphatic heterocycles. The summed E-state index contributed by atoms with van der Waals surface area (Å²) in [6.07, 6.45) is 1.59. The quantitative estimate of drug-likeness (QED) is 0.396. The molecule has 0 fully saturated rings. The molecule has 2 nitrogen and oxygen atoms in total. The van der Waals surface area contributed by atoms with E-state index >= 15 is 0 Å².